The van der Waals surface area contributed by atoms with Crippen molar-refractivity contribution < 1.29 is 9.53 Å². The summed E-state index contributed by atoms with van der Waals surface area (Å²) in [6.07, 6.45) is 4.90. The summed E-state index contributed by atoms with van der Waals surface area (Å²) < 4.78 is 5.42. The topological polar surface area (TPSA) is 51.2 Å². The maximum absolute atomic E-state index is 11.2. The van der Waals surface area contributed by atoms with Crippen LogP contribution in [0.25, 0.3) is 0 Å². The zero-order valence-electron chi connectivity index (χ0n) is 11.6. The molecule has 1 amide bonds. The Bertz CT molecular complexity index is 517. The van der Waals surface area contributed by atoms with E-state index >= 15 is 0 Å². The first-order chi connectivity index (χ1) is 9.67. The van der Waals surface area contributed by atoms with Gasteiger partial charge in [-0.05, 0) is 37.7 Å². The Morgan fingerprint density at radius 1 is 1.45 bits per heavy atom. The van der Waals surface area contributed by atoms with Crippen molar-refractivity contribution in [3.05, 3.63) is 23.4 Å². The lowest BCUT2D eigenvalue weighted by Gasteiger charge is -2.16. The van der Waals surface area contributed by atoms with Crippen LogP contribution in [0.3, 0.4) is 0 Å². The van der Waals surface area contributed by atoms with E-state index in [9.17, 15) is 4.79 Å². The molecule has 0 spiro atoms. The third-order valence-electron chi connectivity index (χ3n) is 4.02. The Kier molecular flexibility index (Phi) is 3.96. The summed E-state index contributed by atoms with van der Waals surface area (Å²) >= 11 is 3.69. The minimum atomic E-state index is 0.146. The second-order valence-corrected chi connectivity index (χ2v) is 6.72. The molecular formula is C15H19BrN2O2. The van der Waals surface area contributed by atoms with Gasteiger partial charge < -0.3 is 10.1 Å². The van der Waals surface area contributed by atoms with Crippen molar-refractivity contribution in [3.63, 3.8) is 0 Å². The second-order valence-electron chi connectivity index (χ2n) is 5.62. The van der Waals surface area contributed by atoms with Gasteiger partial charge >= 0.3 is 0 Å². The number of alkyl halides is 1. The molecule has 2 fully saturated rings. The van der Waals surface area contributed by atoms with Gasteiger partial charge in [0.05, 0.1) is 17.6 Å². The van der Waals surface area contributed by atoms with E-state index in [1.54, 1.807) is 7.11 Å². The van der Waals surface area contributed by atoms with Crippen LogP contribution in [0.4, 0.5) is 0 Å². The maximum atomic E-state index is 11.2. The highest BCUT2D eigenvalue weighted by Crippen LogP contribution is 2.44. The molecule has 2 aliphatic rings. The highest BCUT2D eigenvalue weighted by Gasteiger charge is 2.29. The predicted octanol–water partition coefficient (Wildman–Crippen LogP) is 3.07. The van der Waals surface area contributed by atoms with E-state index in [4.69, 9.17) is 4.74 Å². The van der Waals surface area contributed by atoms with Gasteiger partial charge in [-0.1, -0.05) is 22.0 Å². The normalized spacial score (nSPS) is 23.5. The zero-order chi connectivity index (χ0) is 14.1. The monoisotopic (exact) mass is 338 g/mol. The summed E-state index contributed by atoms with van der Waals surface area (Å²) in [5.41, 5.74) is 2.21. The van der Waals surface area contributed by atoms with Crippen molar-refractivity contribution in [2.75, 3.05) is 7.11 Å². The van der Waals surface area contributed by atoms with Gasteiger partial charge in [0.25, 0.3) is 0 Å². The Hall–Kier alpha value is -1.10. The molecule has 2 atom stereocenters. The van der Waals surface area contributed by atoms with Gasteiger partial charge in [-0.3, -0.25) is 4.79 Å². The molecule has 20 heavy (non-hydrogen) atoms. The Labute approximate surface area is 127 Å². The fourth-order valence-electron chi connectivity index (χ4n) is 2.73. The number of aromatic nitrogens is 1. The van der Waals surface area contributed by atoms with Crippen molar-refractivity contribution in [2.45, 2.75) is 48.9 Å². The number of halogens is 1. The van der Waals surface area contributed by atoms with Crippen LogP contribution >= 0.6 is 15.9 Å². The highest BCUT2D eigenvalue weighted by atomic mass is 79.9. The van der Waals surface area contributed by atoms with Gasteiger partial charge in [-0.15, -0.1) is 0 Å². The standard InChI is InChI=1S/C15H19BrN2O2/c1-20-15-11(9-2-3-9)5-6-13(18-15)12(16)8-10-4-7-14(19)17-10/h5-6,9-10,12H,2-4,7-8H2,1H3,(H,17,19)/t10-,12-/m1/s1. The average molecular weight is 339 g/mol. The lowest BCUT2D eigenvalue weighted by molar-refractivity contribution is -0.119. The first kappa shape index (κ1) is 13.9. The number of hydrogen-bond acceptors (Lipinski definition) is 3. The number of ether oxygens (including phenoxy) is 1. The van der Waals surface area contributed by atoms with Crippen LogP contribution < -0.4 is 10.1 Å². The van der Waals surface area contributed by atoms with Crippen LogP contribution in [0.1, 0.15) is 54.1 Å². The first-order valence-corrected chi connectivity index (χ1v) is 8.07. The Balaban J connectivity index is 1.70. The molecule has 2 heterocycles. The number of pyridine rings is 1. The SMILES string of the molecule is COc1nc([C@H](Br)C[C@H]2CCC(=O)N2)ccc1C1CC1. The van der Waals surface area contributed by atoms with Crippen LogP contribution in [0.15, 0.2) is 12.1 Å². The number of hydrogen-bond donors (Lipinski definition) is 1. The van der Waals surface area contributed by atoms with E-state index in [-0.39, 0.29) is 16.8 Å². The van der Waals surface area contributed by atoms with Gasteiger partial charge in [0.15, 0.2) is 0 Å². The van der Waals surface area contributed by atoms with Crippen LogP contribution in [-0.4, -0.2) is 24.0 Å². The molecule has 1 N–H and O–H groups in total. The van der Waals surface area contributed by atoms with Crippen molar-refractivity contribution >= 4 is 21.8 Å². The molecule has 4 nitrogen and oxygen atoms in total. The minimum absolute atomic E-state index is 0.146. The van der Waals surface area contributed by atoms with E-state index in [1.165, 1.54) is 18.4 Å². The molecule has 0 aromatic carbocycles. The molecule has 1 aromatic rings. The number of carbonyl (C=O) groups is 1. The smallest absolute Gasteiger partial charge is 0.220 e. The number of carbonyl (C=O) groups excluding carboxylic acids is 1. The van der Waals surface area contributed by atoms with Gasteiger partial charge in [-0.2, -0.15) is 0 Å². The van der Waals surface area contributed by atoms with Crippen LogP contribution in [-0.2, 0) is 4.79 Å². The minimum Gasteiger partial charge on any atom is -0.481 e. The Morgan fingerprint density at radius 2 is 2.25 bits per heavy atom. The number of rotatable bonds is 5. The molecular weight excluding hydrogens is 320 g/mol. The first-order valence-electron chi connectivity index (χ1n) is 7.15. The van der Waals surface area contributed by atoms with Gasteiger partial charge in [-0.25, -0.2) is 4.98 Å². The zero-order valence-corrected chi connectivity index (χ0v) is 13.1. The summed E-state index contributed by atoms with van der Waals surface area (Å²) in [6, 6.07) is 4.47. The molecule has 108 valence electrons. The van der Waals surface area contributed by atoms with Gasteiger partial charge in [0.2, 0.25) is 11.8 Å². The predicted molar refractivity (Wildman–Crippen MR) is 80.2 cm³/mol. The van der Waals surface area contributed by atoms with Gasteiger partial charge in [0.1, 0.15) is 0 Å². The van der Waals surface area contributed by atoms with Crippen LogP contribution in [0.2, 0.25) is 0 Å². The summed E-state index contributed by atoms with van der Waals surface area (Å²) in [4.78, 5) is 16.0. The largest absolute Gasteiger partial charge is 0.481 e. The average Bonchev–Trinajstić information content (AvgIpc) is 3.22. The molecule has 5 heteroatoms. The number of nitrogens with one attached hydrogen (secondary N) is 1. The maximum Gasteiger partial charge on any atom is 0.220 e. The van der Waals surface area contributed by atoms with E-state index in [0.29, 0.717) is 12.3 Å². The number of amides is 1. The van der Waals surface area contributed by atoms with Crippen molar-refractivity contribution in [3.8, 4) is 5.88 Å². The molecule has 1 aromatic heterocycles. The highest BCUT2D eigenvalue weighted by molar-refractivity contribution is 9.09. The van der Waals surface area contributed by atoms with Crippen LogP contribution in [0.5, 0.6) is 5.88 Å². The summed E-state index contributed by atoms with van der Waals surface area (Å²) in [5, 5.41) is 2.99. The quantitative estimate of drug-likeness (QED) is 0.839. The van der Waals surface area contributed by atoms with E-state index in [0.717, 1.165) is 24.4 Å². The molecule has 0 radical (unpaired) electrons. The summed E-state index contributed by atoms with van der Waals surface area (Å²) in [7, 11) is 1.68. The van der Waals surface area contributed by atoms with E-state index in [1.807, 2.05) is 0 Å². The molecule has 1 saturated heterocycles. The van der Waals surface area contributed by atoms with E-state index in [2.05, 4.69) is 38.4 Å². The van der Waals surface area contributed by atoms with Crippen molar-refractivity contribution in [1.29, 1.82) is 0 Å². The molecule has 0 bridgehead atoms. The van der Waals surface area contributed by atoms with Crippen LogP contribution in [0, 0.1) is 0 Å². The molecule has 1 saturated carbocycles. The Morgan fingerprint density at radius 3 is 2.85 bits per heavy atom. The summed E-state index contributed by atoms with van der Waals surface area (Å²) in [6.45, 7) is 0. The van der Waals surface area contributed by atoms with Crippen molar-refractivity contribution in [1.82, 2.24) is 10.3 Å². The fraction of sp³-hybridized carbons (Fsp3) is 0.600. The number of methoxy groups -OCH3 is 1. The van der Waals surface area contributed by atoms with Crippen molar-refractivity contribution in [2.24, 2.45) is 0 Å². The third kappa shape index (κ3) is 2.97. The fourth-order valence-corrected chi connectivity index (χ4v) is 3.44. The third-order valence-corrected chi connectivity index (χ3v) is 4.86. The van der Waals surface area contributed by atoms with E-state index < -0.39 is 0 Å². The molecule has 1 aliphatic heterocycles. The lowest BCUT2D eigenvalue weighted by Crippen LogP contribution is -2.26. The molecule has 1 aliphatic carbocycles. The summed E-state index contributed by atoms with van der Waals surface area (Å²) in [5.74, 6) is 1.55. The van der Waals surface area contributed by atoms with Gasteiger partial charge in [0, 0.05) is 18.0 Å². The number of nitrogens with zero attached hydrogens (tertiary/aromatic N) is 1. The second kappa shape index (κ2) is 5.72. The lowest BCUT2D eigenvalue weighted by atomic mass is 10.1. The molecule has 0 unspecified atom stereocenters. The molecule has 3 rings (SSSR count).